The Bertz CT molecular complexity index is 1080. The maximum atomic E-state index is 14.1. The number of nitrogens with one attached hydrogen (secondary N) is 4. The molecule has 14 nitrogen and oxygen atoms in total. The van der Waals surface area contributed by atoms with Gasteiger partial charge in [-0.05, 0) is 70.8 Å². The predicted molar refractivity (Wildman–Crippen MR) is 181 cm³/mol. The van der Waals surface area contributed by atoms with Crippen molar-refractivity contribution >= 4 is 29.6 Å². The summed E-state index contributed by atoms with van der Waals surface area (Å²) in [5, 5.41) is 32.4. The summed E-state index contributed by atoms with van der Waals surface area (Å²) in [5.41, 5.74) is 5.88. The summed E-state index contributed by atoms with van der Waals surface area (Å²) in [6.07, 6.45) is 5.64. The van der Waals surface area contributed by atoms with Crippen LogP contribution in [0, 0.1) is 17.8 Å². The third-order valence-corrected chi connectivity index (χ3v) is 9.43. The molecule has 0 spiro atoms. The topological polar surface area (TPSA) is 212 Å². The highest BCUT2D eigenvalue weighted by Crippen LogP contribution is 2.28. The fourth-order valence-electron chi connectivity index (χ4n) is 6.46. The van der Waals surface area contributed by atoms with Crippen LogP contribution < -0.4 is 27.0 Å². The molecular formula is C34H60N6O8. The molecule has 2 rings (SSSR count). The van der Waals surface area contributed by atoms with E-state index >= 15 is 0 Å². The van der Waals surface area contributed by atoms with Gasteiger partial charge in [0.1, 0.15) is 37.0 Å². The van der Waals surface area contributed by atoms with Crippen LogP contribution in [-0.4, -0.2) is 107 Å². The fourth-order valence-corrected chi connectivity index (χ4v) is 6.46. The van der Waals surface area contributed by atoms with Crippen LogP contribution in [0.5, 0.6) is 0 Å². The normalized spacial score (nSPS) is 30.5. The highest BCUT2D eigenvalue weighted by molar-refractivity contribution is 5.95. The van der Waals surface area contributed by atoms with Crippen LogP contribution in [0.2, 0.25) is 0 Å². The Labute approximate surface area is 285 Å². The predicted octanol–water partition coefficient (Wildman–Crippen LogP) is 0.450. The minimum atomic E-state index is -1.46. The summed E-state index contributed by atoms with van der Waals surface area (Å²) < 4.78 is 5.79. The first-order valence-electron chi connectivity index (χ1n) is 17.5. The van der Waals surface area contributed by atoms with E-state index in [2.05, 4.69) is 27.8 Å². The number of carbonyl (C=O) groups excluding carboxylic acids is 5. The van der Waals surface area contributed by atoms with Crippen molar-refractivity contribution in [3.63, 3.8) is 0 Å². The third kappa shape index (κ3) is 12.4. The van der Waals surface area contributed by atoms with E-state index in [0.717, 1.165) is 32.1 Å². The number of aliphatic hydroxyl groups excluding tert-OH is 2. The van der Waals surface area contributed by atoms with Gasteiger partial charge in [0.15, 0.2) is 0 Å². The van der Waals surface area contributed by atoms with E-state index < -0.39 is 84.7 Å². The molecule has 1 aliphatic carbocycles. The van der Waals surface area contributed by atoms with Gasteiger partial charge in [-0.15, -0.1) is 6.58 Å². The van der Waals surface area contributed by atoms with E-state index in [1.54, 1.807) is 24.9 Å². The van der Waals surface area contributed by atoms with Crippen LogP contribution in [0.1, 0.15) is 91.9 Å². The Morgan fingerprint density at radius 2 is 1.65 bits per heavy atom. The molecule has 2 fully saturated rings. The molecule has 48 heavy (non-hydrogen) atoms. The molecule has 4 amide bonds. The Kier molecular flexibility index (Phi) is 17.5. The maximum absolute atomic E-state index is 14.1. The highest BCUT2D eigenvalue weighted by Gasteiger charge is 2.39. The van der Waals surface area contributed by atoms with Crippen LogP contribution in [0.25, 0.3) is 0 Å². The number of nitrogens with two attached hydrogens (primary N) is 1. The second-order valence-corrected chi connectivity index (χ2v) is 13.8. The quantitative estimate of drug-likeness (QED) is 0.0962. The SMILES string of the molecule is C=CCCCC[C@H]1OC(=O)CNC(=O)[C@H]([C@H](C)O)NC(=O)[C@H](CN)NC(=O)[C@H](C2CCCCC2)NC(=O)[C@H](CC(C)C)N(C)C(O)[C@@H]1C. The van der Waals surface area contributed by atoms with Gasteiger partial charge in [-0.1, -0.05) is 46.1 Å². The summed E-state index contributed by atoms with van der Waals surface area (Å²) in [5.74, 6) is -4.24. The van der Waals surface area contributed by atoms with Gasteiger partial charge in [0.25, 0.3) is 0 Å². The lowest BCUT2D eigenvalue weighted by Crippen LogP contribution is -2.62. The molecule has 1 saturated carbocycles. The van der Waals surface area contributed by atoms with Gasteiger partial charge in [0.2, 0.25) is 23.6 Å². The van der Waals surface area contributed by atoms with Crippen molar-refractivity contribution in [2.75, 3.05) is 20.1 Å². The number of likely N-dealkylation sites (N-methyl/N-ethyl adjacent to an activating group) is 1. The average molecular weight is 681 g/mol. The van der Waals surface area contributed by atoms with Crippen molar-refractivity contribution in [2.45, 2.75) is 135 Å². The van der Waals surface area contributed by atoms with E-state index in [1.165, 1.54) is 6.92 Å². The molecule has 0 aromatic rings. The number of ether oxygens (including phenoxy) is 1. The number of amides is 4. The highest BCUT2D eigenvalue weighted by atomic mass is 16.5. The lowest BCUT2D eigenvalue weighted by Gasteiger charge is -2.39. The van der Waals surface area contributed by atoms with Gasteiger partial charge in [0, 0.05) is 12.5 Å². The molecule has 0 radical (unpaired) electrons. The number of rotatable bonds is 10. The van der Waals surface area contributed by atoms with Gasteiger partial charge in [-0.3, -0.25) is 28.9 Å². The summed E-state index contributed by atoms with van der Waals surface area (Å²) in [6, 6.07) is -4.55. The number of esters is 1. The van der Waals surface area contributed by atoms with Crippen LogP contribution in [0.3, 0.4) is 0 Å². The smallest absolute Gasteiger partial charge is 0.325 e. The van der Waals surface area contributed by atoms with Gasteiger partial charge >= 0.3 is 5.97 Å². The molecule has 1 heterocycles. The van der Waals surface area contributed by atoms with Gasteiger partial charge < -0.3 is 42.0 Å². The maximum Gasteiger partial charge on any atom is 0.325 e. The van der Waals surface area contributed by atoms with Crippen molar-refractivity contribution in [1.29, 1.82) is 0 Å². The van der Waals surface area contributed by atoms with Crippen molar-refractivity contribution in [3.05, 3.63) is 12.7 Å². The van der Waals surface area contributed by atoms with Gasteiger partial charge in [-0.25, -0.2) is 0 Å². The zero-order valence-corrected chi connectivity index (χ0v) is 29.4. The van der Waals surface area contributed by atoms with Crippen LogP contribution in [0.15, 0.2) is 12.7 Å². The number of nitrogens with zero attached hydrogens (tertiary/aromatic N) is 1. The molecule has 8 N–H and O–H groups in total. The van der Waals surface area contributed by atoms with Crippen molar-refractivity contribution < 1.29 is 38.9 Å². The monoisotopic (exact) mass is 680 g/mol. The van der Waals surface area contributed by atoms with Crippen LogP contribution >= 0.6 is 0 Å². The molecule has 2 aliphatic rings. The zero-order valence-electron chi connectivity index (χ0n) is 29.4. The number of hydrogen-bond donors (Lipinski definition) is 7. The first kappa shape index (κ1) is 41.1. The molecule has 0 bridgehead atoms. The Morgan fingerprint density at radius 1 is 0.979 bits per heavy atom. The zero-order chi connectivity index (χ0) is 36.0. The summed E-state index contributed by atoms with van der Waals surface area (Å²) >= 11 is 0. The van der Waals surface area contributed by atoms with E-state index in [1.807, 2.05) is 13.8 Å². The van der Waals surface area contributed by atoms with Crippen LogP contribution in [-0.2, 0) is 28.7 Å². The second-order valence-electron chi connectivity index (χ2n) is 13.8. The summed E-state index contributed by atoms with van der Waals surface area (Å²) in [6.45, 7) is 9.83. The van der Waals surface area contributed by atoms with Crippen molar-refractivity contribution in [3.8, 4) is 0 Å². The molecule has 8 atom stereocenters. The number of cyclic esters (lactones) is 1. The average Bonchev–Trinajstić information content (AvgIpc) is 3.05. The minimum Gasteiger partial charge on any atom is -0.461 e. The first-order valence-corrected chi connectivity index (χ1v) is 17.5. The van der Waals surface area contributed by atoms with E-state index in [9.17, 15) is 34.2 Å². The van der Waals surface area contributed by atoms with Crippen molar-refractivity contribution in [1.82, 2.24) is 26.2 Å². The Hall–Kier alpha value is -3.07. The Morgan fingerprint density at radius 3 is 2.23 bits per heavy atom. The number of carbonyl (C=O) groups is 5. The molecule has 14 heteroatoms. The number of allylic oxidation sites excluding steroid dienone is 1. The molecule has 274 valence electrons. The molecule has 0 aromatic heterocycles. The summed E-state index contributed by atoms with van der Waals surface area (Å²) in [7, 11) is 1.63. The third-order valence-electron chi connectivity index (χ3n) is 9.43. The van der Waals surface area contributed by atoms with E-state index in [4.69, 9.17) is 10.5 Å². The van der Waals surface area contributed by atoms with E-state index in [0.29, 0.717) is 32.1 Å². The van der Waals surface area contributed by atoms with Crippen LogP contribution in [0.4, 0.5) is 0 Å². The molecule has 1 aliphatic heterocycles. The summed E-state index contributed by atoms with van der Waals surface area (Å²) in [4.78, 5) is 68.8. The fraction of sp³-hybridized carbons (Fsp3) is 0.794. The van der Waals surface area contributed by atoms with E-state index in [-0.39, 0.29) is 18.4 Å². The number of hydrogen-bond acceptors (Lipinski definition) is 10. The molecular weight excluding hydrogens is 620 g/mol. The number of unbranched alkanes of at least 4 members (excludes halogenated alkanes) is 2. The largest absolute Gasteiger partial charge is 0.461 e. The minimum absolute atomic E-state index is 0.0533. The lowest BCUT2D eigenvalue weighted by molar-refractivity contribution is -0.161. The van der Waals surface area contributed by atoms with Gasteiger partial charge in [0.05, 0.1) is 12.1 Å². The molecule has 0 aromatic carbocycles. The standard InChI is InChI=1S/C34H60N6O8/c1-7-8-9-13-16-26-21(4)34(47)40(6)25(17-20(2)3)31(44)39-29(23-14-11-10-12-15-23)33(46)37-24(18-35)30(43)38-28(22(5)41)32(45)36-19-27(42)48-26/h7,20-26,28-29,34,41,47H,1,8-19,35H2,2-6H3,(H,36,45)(H,37,46)(H,38,43)(H,39,44)/t21-,22+,24+,25+,26-,28+,29+,34?/m1/s1. The molecule has 1 saturated heterocycles. The Balaban J connectivity index is 2.55. The lowest BCUT2D eigenvalue weighted by atomic mass is 9.83. The van der Waals surface area contributed by atoms with Gasteiger partial charge in [-0.2, -0.15) is 0 Å². The van der Waals surface area contributed by atoms with Crippen molar-refractivity contribution in [2.24, 2.45) is 23.5 Å². The number of aliphatic hydroxyl groups is 2. The first-order chi connectivity index (χ1) is 22.7. The second kappa shape index (κ2) is 20.4. The molecule has 1 unspecified atom stereocenters.